The van der Waals surface area contributed by atoms with Crippen molar-refractivity contribution in [3.05, 3.63) is 42.5 Å². The van der Waals surface area contributed by atoms with Crippen LogP contribution in [0.5, 0.6) is 5.75 Å². The largest absolute Gasteiger partial charge is 0.493 e. The highest BCUT2D eigenvalue weighted by atomic mass is 16.5. The molecular weight excluding hydrogens is 234 g/mol. The molecule has 0 aliphatic heterocycles. The summed E-state index contributed by atoms with van der Waals surface area (Å²) in [6, 6.07) is 8.69. The molecule has 0 radical (unpaired) electrons. The van der Waals surface area contributed by atoms with E-state index in [0.29, 0.717) is 12.6 Å². The first-order valence-corrected chi connectivity index (χ1v) is 6.99. The third kappa shape index (κ3) is 5.93. The summed E-state index contributed by atoms with van der Waals surface area (Å²) >= 11 is 0. The van der Waals surface area contributed by atoms with Gasteiger partial charge in [-0.25, -0.2) is 0 Å². The lowest BCUT2D eigenvalue weighted by Crippen LogP contribution is -2.37. The highest BCUT2D eigenvalue weighted by molar-refractivity contribution is 5.34. The van der Waals surface area contributed by atoms with E-state index < -0.39 is 0 Å². The van der Waals surface area contributed by atoms with Gasteiger partial charge in [-0.1, -0.05) is 52.0 Å². The average Bonchev–Trinajstić information content (AvgIpc) is 2.36. The van der Waals surface area contributed by atoms with E-state index >= 15 is 0 Å². The van der Waals surface area contributed by atoms with Gasteiger partial charge in [0.15, 0.2) is 0 Å². The van der Waals surface area contributed by atoms with Crippen molar-refractivity contribution in [1.82, 2.24) is 5.32 Å². The third-order valence-corrected chi connectivity index (χ3v) is 2.94. The number of allylic oxidation sites excluding steroid dienone is 1. The molecule has 0 aliphatic carbocycles. The van der Waals surface area contributed by atoms with Crippen LogP contribution in [0.2, 0.25) is 0 Å². The lowest BCUT2D eigenvalue weighted by molar-refractivity contribution is 0.172. The molecule has 1 aromatic rings. The fraction of sp³-hybridized carbons (Fsp3) is 0.529. The standard InChI is InChI=1S/C17H27NO/c1-6-9-15-10-7-8-11-16(15)19-13-17(4,5)12-18-14(2)3/h6-8,10-11,14,18H,1,9,12-13H2,2-5H3. The SMILES string of the molecule is C=CCc1ccccc1OCC(C)(C)CNC(C)C. The van der Waals surface area contributed by atoms with Gasteiger partial charge in [0.05, 0.1) is 6.61 Å². The Balaban J connectivity index is 2.58. The van der Waals surface area contributed by atoms with E-state index in [4.69, 9.17) is 4.74 Å². The van der Waals surface area contributed by atoms with Crippen molar-refractivity contribution in [3.8, 4) is 5.75 Å². The number of para-hydroxylation sites is 1. The number of hydrogen-bond donors (Lipinski definition) is 1. The topological polar surface area (TPSA) is 21.3 Å². The zero-order chi connectivity index (χ0) is 14.3. The first-order valence-electron chi connectivity index (χ1n) is 6.99. The van der Waals surface area contributed by atoms with Gasteiger partial charge in [0.25, 0.3) is 0 Å². The zero-order valence-electron chi connectivity index (χ0n) is 12.7. The molecule has 0 fully saturated rings. The summed E-state index contributed by atoms with van der Waals surface area (Å²) in [4.78, 5) is 0. The molecule has 2 heteroatoms. The lowest BCUT2D eigenvalue weighted by Gasteiger charge is -2.27. The number of hydrogen-bond acceptors (Lipinski definition) is 2. The molecule has 1 aromatic carbocycles. The molecule has 1 N–H and O–H groups in total. The Morgan fingerprint density at radius 3 is 2.63 bits per heavy atom. The number of rotatable bonds is 8. The van der Waals surface area contributed by atoms with Gasteiger partial charge in [0, 0.05) is 18.0 Å². The molecule has 0 atom stereocenters. The molecule has 0 saturated heterocycles. The second kappa shape index (κ2) is 7.34. The van der Waals surface area contributed by atoms with Gasteiger partial charge < -0.3 is 10.1 Å². The summed E-state index contributed by atoms with van der Waals surface area (Å²) in [5, 5.41) is 3.47. The summed E-state index contributed by atoms with van der Waals surface area (Å²) in [5.41, 5.74) is 1.32. The summed E-state index contributed by atoms with van der Waals surface area (Å²) in [7, 11) is 0. The first-order chi connectivity index (χ1) is 8.94. The molecule has 19 heavy (non-hydrogen) atoms. The predicted octanol–water partition coefficient (Wildman–Crippen LogP) is 3.82. The molecule has 0 aromatic heterocycles. The van der Waals surface area contributed by atoms with Crippen molar-refractivity contribution in [2.75, 3.05) is 13.2 Å². The van der Waals surface area contributed by atoms with Gasteiger partial charge >= 0.3 is 0 Å². The number of benzene rings is 1. The van der Waals surface area contributed by atoms with E-state index in [1.54, 1.807) is 0 Å². The molecule has 0 saturated carbocycles. The molecule has 0 bridgehead atoms. The van der Waals surface area contributed by atoms with E-state index in [2.05, 4.69) is 45.7 Å². The van der Waals surface area contributed by atoms with Crippen LogP contribution in [0, 0.1) is 5.41 Å². The molecule has 0 amide bonds. The molecule has 0 heterocycles. The van der Waals surface area contributed by atoms with Crippen LogP contribution in [0.15, 0.2) is 36.9 Å². The quantitative estimate of drug-likeness (QED) is 0.718. The van der Waals surface area contributed by atoms with Crippen LogP contribution in [0.4, 0.5) is 0 Å². The van der Waals surface area contributed by atoms with Gasteiger partial charge in [-0.05, 0) is 18.1 Å². The Hall–Kier alpha value is -1.28. The average molecular weight is 261 g/mol. The minimum absolute atomic E-state index is 0.117. The van der Waals surface area contributed by atoms with Crippen LogP contribution >= 0.6 is 0 Å². The second-order valence-electron chi connectivity index (χ2n) is 6.09. The van der Waals surface area contributed by atoms with Crippen molar-refractivity contribution in [2.24, 2.45) is 5.41 Å². The predicted molar refractivity (Wildman–Crippen MR) is 82.8 cm³/mol. The zero-order valence-corrected chi connectivity index (χ0v) is 12.7. The van der Waals surface area contributed by atoms with Crippen molar-refractivity contribution < 1.29 is 4.74 Å². The summed E-state index contributed by atoms with van der Waals surface area (Å²) in [6.45, 7) is 14.2. The maximum absolute atomic E-state index is 6.00. The Morgan fingerprint density at radius 1 is 1.32 bits per heavy atom. The normalized spacial score (nSPS) is 11.6. The number of ether oxygens (including phenoxy) is 1. The van der Waals surface area contributed by atoms with E-state index in [1.165, 1.54) is 5.56 Å². The van der Waals surface area contributed by atoms with Crippen LogP contribution in [-0.4, -0.2) is 19.2 Å². The molecule has 106 valence electrons. The van der Waals surface area contributed by atoms with Crippen molar-refractivity contribution in [2.45, 2.75) is 40.2 Å². The van der Waals surface area contributed by atoms with Gasteiger partial charge in [0.1, 0.15) is 5.75 Å². The van der Waals surface area contributed by atoms with Gasteiger partial charge in [-0.2, -0.15) is 0 Å². The molecule has 0 spiro atoms. The summed E-state index contributed by atoms with van der Waals surface area (Å²) in [5.74, 6) is 0.972. The van der Waals surface area contributed by atoms with Crippen molar-refractivity contribution in [3.63, 3.8) is 0 Å². The van der Waals surface area contributed by atoms with Crippen LogP contribution in [0.25, 0.3) is 0 Å². The fourth-order valence-electron chi connectivity index (χ4n) is 1.77. The molecule has 0 aliphatic rings. The molecular formula is C17H27NO. The highest BCUT2D eigenvalue weighted by Gasteiger charge is 2.19. The minimum atomic E-state index is 0.117. The van der Waals surface area contributed by atoms with Gasteiger partial charge in [-0.15, -0.1) is 6.58 Å². The van der Waals surface area contributed by atoms with E-state index in [9.17, 15) is 0 Å². The second-order valence-corrected chi connectivity index (χ2v) is 6.09. The van der Waals surface area contributed by atoms with Crippen molar-refractivity contribution in [1.29, 1.82) is 0 Å². The molecule has 0 unspecified atom stereocenters. The smallest absolute Gasteiger partial charge is 0.122 e. The summed E-state index contributed by atoms with van der Waals surface area (Å²) in [6.07, 6.45) is 2.76. The van der Waals surface area contributed by atoms with Gasteiger partial charge in [0.2, 0.25) is 0 Å². The Bertz CT molecular complexity index is 396. The molecule has 2 nitrogen and oxygen atoms in total. The maximum atomic E-state index is 6.00. The number of nitrogens with one attached hydrogen (secondary N) is 1. The Morgan fingerprint density at radius 2 is 2.00 bits per heavy atom. The summed E-state index contributed by atoms with van der Waals surface area (Å²) < 4.78 is 6.00. The monoisotopic (exact) mass is 261 g/mol. The van der Waals surface area contributed by atoms with Crippen LogP contribution in [0.1, 0.15) is 33.3 Å². The maximum Gasteiger partial charge on any atom is 0.122 e. The first kappa shape index (κ1) is 15.8. The Labute approximate surface area is 117 Å². The van der Waals surface area contributed by atoms with E-state index in [0.717, 1.165) is 18.7 Å². The van der Waals surface area contributed by atoms with Gasteiger partial charge in [-0.3, -0.25) is 0 Å². The Kier molecular flexibility index (Phi) is 6.10. The highest BCUT2D eigenvalue weighted by Crippen LogP contribution is 2.22. The van der Waals surface area contributed by atoms with Crippen LogP contribution in [-0.2, 0) is 6.42 Å². The van der Waals surface area contributed by atoms with Crippen LogP contribution in [0.3, 0.4) is 0 Å². The van der Waals surface area contributed by atoms with E-state index in [1.807, 2.05) is 24.3 Å². The van der Waals surface area contributed by atoms with Crippen molar-refractivity contribution >= 4 is 0 Å². The minimum Gasteiger partial charge on any atom is -0.493 e. The van der Waals surface area contributed by atoms with Crippen LogP contribution < -0.4 is 10.1 Å². The lowest BCUT2D eigenvalue weighted by atomic mass is 9.94. The third-order valence-electron chi connectivity index (χ3n) is 2.94. The fourth-order valence-corrected chi connectivity index (χ4v) is 1.77. The van der Waals surface area contributed by atoms with E-state index in [-0.39, 0.29) is 5.41 Å². The molecule has 1 rings (SSSR count).